The van der Waals surface area contributed by atoms with Crippen LogP contribution in [0.15, 0.2) is 12.1 Å². The number of nitrogens with zero attached hydrogens (tertiary/aromatic N) is 2. The first-order valence-electron chi connectivity index (χ1n) is 5.96. The molecule has 0 radical (unpaired) electrons. The largest absolute Gasteiger partial charge is 0.384 e. The summed E-state index contributed by atoms with van der Waals surface area (Å²) in [6, 6.07) is 4.33. The van der Waals surface area contributed by atoms with Gasteiger partial charge in [0.25, 0.3) is 0 Å². The molecule has 2 aromatic rings. The molecule has 0 aliphatic heterocycles. The molecule has 0 amide bonds. The zero-order chi connectivity index (χ0) is 12.6. The number of nitrogens with two attached hydrogens (primary N) is 1. The van der Waals surface area contributed by atoms with Crippen molar-refractivity contribution in [3.63, 3.8) is 0 Å². The molecule has 0 aliphatic rings. The van der Waals surface area contributed by atoms with Gasteiger partial charge in [-0.1, -0.05) is 20.8 Å². The minimum atomic E-state index is 0.394. The average molecular weight is 249 g/mol. The van der Waals surface area contributed by atoms with Crippen LogP contribution >= 0.6 is 11.3 Å². The highest BCUT2D eigenvalue weighted by molar-refractivity contribution is 7.15. The number of rotatable bonds is 3. The second-order valence-electron chi connectivity index (χ2n) is 4.55. The van der Waals surface area contributed by atoms with Gasteiger partial charge in [0.1, 0.15) is 11.5 Å². The van der Waals surface area contributed by atoms with E-state index in [2.05, 4.69) is 38.0 Å². The molecule has 0 spiro atoms. The summed E-state index contributed by atoms with van der Waals surface area (Å²) < 4.78 is 1.77. The van der Waals surface area contributed by atoms with E-state index >= 15 is 0 Å². The zero-order valence-corrected chi connectivity index (χ0v) is 11.6. The van der Waals surface area contributed by atoms with Crippen LogP contribution in [0, 0.1) is 0 Å². The molecule has 0 fully saturated rings. The number of thiophene rings is 1. The minimum Gasteiger partial charge on any atom is -0.384 e. The summed E-state index contributed by atoms with van der Waals surface area (Å²) in [4.78, 5) is 2.61. The first kappa shape index (κ1) is 12.2. The molecule has 0 aromatic carbocycles. The summed E-state index contributed by atoms with van der Waals surface area (Å²) >= 11 is 1.81. The fourth-order valence-corrected chi connectivity index (χ4v) is 2.95. The van der Waals surface area contributed by atoms with E-state index in [1.165, 1.54) is 9.75 Å². The molecular weight excluding hydrogens is 230 g/mol. The monoisotopic (exact) mass is 249 g/mol. The van der Waals surface area contributed by atoms with Crippen molar-refractivity contribution in [2.75, 3.05) is 5.73 Å². The average Bonchev–Trinajstić information content (AvgIpc) is 2.84. The number of aryl methyl sites for hydroxylation is 2. The third-order valence-corrected chi connectivity index (χ3v) is 4.19. The van der Waals surface area contributed by atoms with E-state index in [4.69, 9.17) is 5.73 Å². The molecule has 92 valence electrons. The van der Waals surface area contributed by atoms with Crippen LogP contribution in [0.1, 0.15) is 37.1 Å². The van der Waals surface area contributed by atoms with E-state index in [0.717, 1.165) is 23.5 Å². The van der Waals surface area contributed by atoms with Crippen LogP contribution in [0.2, 0.25) is 0 Å². The lowest BCUT2D eigenvalue weighted by Gasteiger charge is -2.05. The highest BCUT2D eigenvalue weighted by Crippen LogP contribution is 2.36. The Kier molecular flexibility index (Phi) is 3.24. The smallest absolute Gasteiger partial charge is 0.125 e. The Labute approximate surface area is 106 Å². The molecule has 2 N–H and O–H groups in total. The lowest BCUT2D eigenvalue weighted by Crippen LogP contribution is -2.00. The summed E-state index contributed by atoms with van der Waals surface area (Å²) in [6.07, 6.45) is 1.07. The summed E-state index contributed by atoms with van der Waals surface area (Å²) in [5.74, 6) is 1.17. The van der Waals surface area contributed by atoms with Gasteiger partial charge in [0.2, 0.25) is 0 Å². The normalized spacial score (nSPS) is 11.4. The second-order valence-corrected chi connectivity index (χ2v) is 5.71. The van der Waals surface area contributed by atoms with Crippen molar-refractivity contribution in [3.05, 3.63) is 22.6 Å². The molecule has 3 nitrogen and oxygen atoms in total. The van der Waals surface area contributed by atoms with Crippen molar-refractivity contribution >= 4 is 17.2 Å². The van der Waals surface area contributed by atoms with Crippen LogP contribution in [-0.2, 0) is 13.5 Å². The highest BCUT2D eigenvalue weighted by Gasteiger charge is 2.19. The molecule has 0 aliphatic carbocycles. The van der Waals surface area contributed by atoms with Crippen molar-refractivity contribution in [3.8, 4) is 10.6 Å². The van der Waals surface area contributed by atoms with Gasteiger partial charge in [0.05, 0.1) is 4.88 Å². The minimum absolute atomic E-state index is 0.394. The van der Waals surface area contributed by atoms with Gasteiger partial charge in [0, 0.05) is 17.5 Å². The molecule has 4 heteroatoms. The summed E-state index contributed by atoms with van der Waals surface area (Å²) in [7, 11) is 1.90. The third-order valence-electron chi connectivity index (χ3n) is 2.95. The van der Waals surface area contributed by atoms with Gasteiger partial charge in [-0.2, -0.15) is 5.10 Å². The van der Waals surface area contributed by atoms with Crippen molar-refractivity contribution < 1.29 is 0 Å². The first-order chi connectivity index (χ1) is 8.04. The summed E-state index contributed by atoms with van der Waals surface area (Å²) in [6.45, 7) is 6.49. The van der Waals surface area contributed by atoms with Crippen LogP contribution in [0.5, 0.6) is 0 Å². The van der Waals surface area contributed by atoms with Crippen LogP contribution in [0.25, 0.3) is 10.6 Å². The lowest BCUT2D eigenvalue weighted by molar-refractivity contribution is 0.780. The Hall–Kier alpha value is -1.29. The van der Waals surface area contributed by atoms with E-state index in [9.17, 15) is 0 Å². The van der Waals surface area contributed by atoms with Gasteiger partial charge in [-0.3, -0.25) is 4.68 Å². The quantitative estimate of drug-likeness (QED) is 0.905. The Bertz CT molecular complexity index is 523. The van der Waals surface area contributed by atoms with Gasteiger partial charge >= 0.3 is 0 Å². The van der Waals surface area contributed by atoms with Crippen LogP contribution in [-0.4, -0.2) is 9.78 Å². The number of hydrogen-bond acceptors (Lipinski definition) is 3. The van der Waals surface area contributed by atoms with Crippen molar-refractivity contribution in [2.24, 2.45) is 7.05 Å². The van der Waals surface area contributed by atoms with Crippen molar-refractivity contribution in [1.29, 1.82) is 0 Å². The van der Waals surface area contributed by atoms with Crippen molar-refractivity contribution in [1.82, 2.24) is 9.78 Å². The summed E-state index contributed by atoms with van der Waals surface area (Å²) in [5, 5.41) is 4.55. The van der Waals surface area contributed by atoms with Gasteiger partial charge in [-0.05, 0) is 24.5 Å². The summed E-state index contributed by atoms with van der Waals surface area (Å²) in [5.41, 5.74) is 8.30. The molecule has 0 saturated carbocycles. The zero-order valence-electron chi connectivity index (χ0n) is 10.8. The van der Waals surface area contributed by atoms with Gasteiger partial charge < -0.3 is 5.73 Å². The molecular formula is C13H19N3S. The second kappa shape index (κ2) is 4.53. The lowest BCUT2D eigenvalue weighted by atomic mass is 10.0. The van der Waals surface area contributed by atoms with Gasteiger partial charge in [0.15, 0.2) is 0 Å². The van der Waals surface area contributed by atoms with E-state index in [0.29, 0.717) is 5.92 Å². The van der Waals surface area contributed by atoms with Crippen LogP contribution in [0.4, 0.5) is 5.82 Å². The van der Waals surface area contributed by atoms with E-state index < -0.39 is 0 Å². The predicted octanol–water partition coefficient (Wildman–Crippen LogP) is 3.42. The maximum atomic E-state index is 6.09. The molecule has 0 unspecified atom stereocenters. The molecule has 0 atom stereocenters. The molecule has 0 saturated heterocycles. The van der Waals surface area contributed by atoms with E-state index in [1.54, 1.807) is 4.68 Å². The van der Waals surface area contributed by atoms with E-state index in [1.807, 2.05) is 18.4 Å². The van der Waals surface area contributed by atoms with Gasteiger partial charge in [-0.15, -0.1) is 11.3 Å². The number of nitrogen functional groups attached to an aromatic ring is 1. The predicted molar refractivity (Wildman–Crippen MR) is 74.4 cm³/mol. The standard InChI is InChI=1S/C13H19N3S/c1-5-9-6-7-10(17-9)12-11(8(2)3)13(14)16(4)15-12/h6-8H,5,14H2,1-4H3. The van der Waals surface area contributed by atoms with E-state index in [-0.39, 0.29) is 0 Å². The van der Waals surface area contributed by atoms with Gasteiger partial charge in [-0.25, -0.2) is 0 Å². The molecule has 0 bridgehead atoms. The van der Waals surface area contributed by atoms with Crippen LogP contribution in [0.3, 0.4) is 0 Å². The highest BCUT2D eigenvalue weighted by atomic mass is 32.1. The number of anilines is 1. The number of aromatic nitrogens is 2. The molecule has 17 heavy (non-hydrogen) atoms. The Morgan fingerprint density at radius 1 is 1.41 bits per heavy atom. The van der Waals surface area contributed by atoms with Crippen LogP contribution < -0.4 is 5.73 Å². The fourth-order valence-electron chi connectivity index (χ4n) is 2.00. The third kappa shape index (κ3) is 2.09. The SMILES string of the molecule is CCc1ccc(-c2nn(C)c(N)c2C(C)C)s1. The fraction of sp³-hybridized carbons (Fsp3) is 0.462. The molecule has 2 aromatic heterocycles. The van der Waals surface area contributed by atoms with Crippen molar-refractivity contribution in [2.45, 2.75) is 33.1 Å². The topological polar surface area (TPSA) is 43.8 Å². The maximum absolute atomic E-state index is 6.09. The Morgan fingerprint density at radius 3 is 2.65 bits per heavy atom. The molecule has 2 rings (SSSR count). The number of hydrogen-bond donors (Lipinski definition) is 1. The Balaban J connectivity index is 2.54. The first-order valence-corrected chi connectivity index (χ1v) is 6.77. The Morgan fingerprint density at radius 2 is 2.12 bits per heavy atom. The molecule has 2 heterocycles. The maximum Gasteiger partial charge on any atom is 0.125 e.